The second-order valence-corrected chi connectivity index (χ2v) is 7.02. The molecule has 0 amide bonds. The van der Waals surface area contributed by atoms with Crippen LogP contribution in [0.25, 0.3) is 33.3 Å². The first-order valence-electron chi connectivity index (χ1n) is 8.90. The number of aromatic amines is 1. The number of halogens is 1. The SMILES string of the molecule is CC(C)N(C)c1nc2cc(C(=O)O)ccc2nc1-c1cc2ccc(F)cc2[nH]1. The van der Waals surface area contributed by atoms with Crippen LogP contribution in [0.15, 0.2) is 42.5 Å². The van der Waals surface area contributed by atoms with Crippen LogP contribution < -0.4 is 4.90 Å². The van der Waals surface area contributed by atoms with E-state index in [2.05, 4.69) is 4.98 Å². The van der Waals surface area contributed by atoms with Crippen LogP contribution in [0.5, 0.6) is 0 Å². The Hall–Kier alpha value is -3.48. The number of fused-ring (bicyclic) bond motifs is 2. The highest BCUT2D eigenvalue weighted by atomic mass is 19.1. The van der Waals surface area contributed by atoms with E-state index in [9.17, 15) is 14.3 Å². The van der Waals surface area contributed by atoms with E-state index in [0.717, 1.165) is 11.1 Å². The Morgan fingerprint density at radius 2 is 1.89 bits per heavy atom. The summed E-state index contributed by atoms with van der Waals surface area (Å²) in [5, 5.41) is 10.1. The molecule has 0 bridgehead atoms. The fourth-order valence-corrected chi connectivity index (χ4v) is 3.08. The Bertz CT molecular complexity index is 1220. The Morgan fingerprint density at radius 1 is 1.11 bits per heavy atom. The topological polar surface area (TPSA) is 82.1 Å². The predicted octanol–water partition coefficient (Wildman–Crippen LogP) is 4.46. The second-order valence-electron chi connectivity index (χ2n) is 7.02. The van der Waals surface area contributed by atoms with Crippen LogP contribution in [-0.4, -0.2) is 39.1 Å². The molecule has 0 aliphatic carbocycles. The Kier molecular flexibility index (Phi) is 4.22. The highest BCUT2D eigenvalue weighted by molar-refractivity contribution is 5.94. The molecule has 28 heavy (non-hydrogen) atoms. The van der Waals surface area contributed by atoms with Crippen molar-refractivity contribution in [1.29, 1.82) is 0 Å². The molecule has 0 atom stereocenters. The maximum Gasteiger partial charge on any atom is 0.335 e. The quantitative estimate of drug-likeness (QED) is 0.548. The number of aromatic carboxylic acids is 1. The van der Waals surface area contributed by atoms with Crippen molar-refractivity contribution >= 4 is 33.7 Å². The molecule has 4 aromatic rings. The lowest BCUT2D eigenvalue weighted by atomic mass is 10.1. The van der Waals surface area contributed by atoms with Crippen molar-refractivity contribution in [2.75, 3.05) is 11.9 Å². The van der Waals surface area contributed by atoms with E-state index in [4.69, 9.17) is 9.97 Å². The van der Waals surface area contributed by atoms with Crippen molar-refractivity contribution in [2.24, 2.45) is 0 Å². The highest BCUT2D eigenvalue weighted by Gasteiger charge is 2.19. The van der Waals surface area contributed by atoms with Crippen LogP contribution >= 0.6 is 0 Å². The molecule has 7 heteroatoms. The normalized spacial score (nSPS) is 11.5. The first-order chi connectivity index (χ1) is 13.3. The summed E-state index contributed by atoms with van der Waals surface area (Å²) in [6.45, 7) is 4.06. The van der Waals surface area contributed by atoms with Crippen LogP contribution in [0.3, 0.4) is 0 Å². The number of nitrogens with one attached hydrogen (secondary N) is 1. The molecule has 0 radical (unpaired) electrons. The van der Waals surface area contributed by atoms with E-state index in [0.29, 0.717) is 28.1 Å². The monoisotopic (exact) mass is 378 g/mol. The third-order valence-electron chi connectivity index (χ3n) is 4.84. The molecule has 6 nitrogen and oxygen atoms in total. The van der Waals surface area contributed by atoms with Crippen LogP contribution in [0.4, 0.5) is 10.2 Å². The van der Waals surface area contributed by atoms with E-state index < -0.39 is 5.97 Å². The number of aromatic nitrogens is 3. The number of carboxylic acids is 1. The molecule has 0 saturated carbocycles. The maximum absolute atomic E-state index is 13.6. The van der Waals surface area contributed by atoms with Crippen molar-refractivity contribution in [1.82, 2.24) is 15.0 Å². The number of rotatable bonds is 4. The van der Waals surface area contributed by atoms with Gasteiger partial charge in [0, 0.05) is 24.0 Å². The summed E-state index contributed by atoms with van der Waals surface area (Å²) in [7, 11) is 1.91. The number of carbonyl (C=O) groups is 1. The number of benzene rings is 2. The minimum Gasteiger partial charge on any atom is -0.478 e. The van der Waals surface area contributed by atoms with Gasteiger partial charge in [-0.25, -0.2) is 19.2 Å². The average molecular weight is 378 g/mol. The molecule has 142 valence electrons. The molecular formula is C21H19FN4O2. The molecule has 0 spiro atoms. The van der Waals surface area contributed by atoms with Crippen molar-refractivity contribution in [2.45, 2.75) is 19.9 Å². The fourth-order valence-electron chi connectivity index (χ4n) is 3.08. The third kappa shape index (κ3) is 3.05. The molecule has 2 heterocycles. The van der Waals surface area contributed by atoms with Gasteiger partial charge in [0.25, 0.3) is 0 Å². The molecule has 0 fully saturated rings. The first kappa shape index (κ1) is 17.9. The third-order valence-corrected chi connectivity index (χ3v) is 4.84. The molecule has 0 aliphatic heterocycles. The molecule has 2 aromatic heterocycles. The zero-order chi connectivity index (χ0) is 20.0. The van der Waals surface area contributed by atoms with E-state index in [1.165, 1.54) is 24.3 Å². The van der Waals surface area contributed by atoms with Gasteiger partial charge in [0.05, 0.1) is 22.3 Å². The molecule has 0 unspecified atom stereocenters. The summed E-state index contributed by atoms with van der Waals surface area (Å²) in [5.41, 5.74) is 3.28. The first-order valence-corrected chi connectivity index (χ1v) is 8.90. The lowest BCUT2D eigenvalue weighted by molar-refractivity contribution is 0.0697. The van der Waals surface area contributed by atoms with Crippen LogP contribution in [0.2, 0.25) is 0 Å². The number of carboxylic acid groups (broad SMARTS) is 1. The summed E-state index contributed by atoms with van der Waals surface area (Å²) in [6, 6.07) is 11.3. The molecule has 0 saturated heterocycles. The molecule has 0 aliphatic rings. The number of H-pyrrole nitrogens is 1. The minimum atomic E-state index is -1.01. The molecule has 2 aromatic carbocycles. The van der Waals surface area contributed by atoms with Gasteiger partial charge >= 0.3 is 5.97 Å². The van der Waals surface area contributed by atoms with Gasteiger partial charge in [0.1, 0.15) is 11.5 Å². The second kappa shape index (κ2) is 6.60. The van der Waals surface area contributed by atoms with Crippen molar-refractivity contribution in [3.8, 4) is 11.4 Å². The number of anilines is 1. The molecule has 2 N–H and O–H groups in total. The Labute approximate surface area is 160 Å². The fraction of sp³-hybridized carbons (Fsp3) is 0.190. The summed E-state index contributed by atoms with van der Waals surface area (Å²) < 4.78 is 13.6. The van der Waals surface area contributed by atoms with Crippen molar-refractivity contribution in [3.63, 3.8) is 0 Å². The average Bonchev–Trinajstić information content (AvgIpc) is 3.08. The summed E-state index contributed by atoms with van der Waals surface area (Å²) in [5.74, 6) is -0.701. The van der Waals surface area contributed by atoms with Crippen LogP contribution in [0.1, 0.15) is 24.2 Å². The zero-order valence-corrected chi connectivity index (χ0v) is 15.7. The Morgan fingerprint density at radius 3 is 2.61 bits per heavy atom. The molecular weight excluding hydrogens is 359 g/mol. The lowest BCUT2D eigenvalue weighted by Crippen LogP contribution is -2.27. The van der Waals surface area contributed by atoms with Gasteiger partial charge in [0.15, 0.2) is 5.82 Å². The van der Waals surface area contributed by atoms with Gasteiger partial charge in [-0.05, 0) is 56.3 Å². The van der Waals surface area contributed by atoms with E-state index in [1.807, 2.05) is 31.9 Å². The van der Waals surface area contributed by atoms with Crippen molar-refractivity contribution < 1.29 is 14.3 Å². The van der Waals surface area contributed by atoms with E-state index in [1.54, 1.807) is 12.1 Å². The van der Waals surface area contributed by atoms with Crippen LogP contribution in [0, 0.1) is 5.82 Å². The van der Waals surface area contributed by atoms with E-state index >= 15 is 0 Å². The number of hydrogen-bond acceptors (Lipinski definition) is 4. The number of hydrogen-bond donors (Lipinski definition) is 2. The number of nitrogens with zero attached hydrogens (tertiary/aromatic N) is 3. The zero-order valence-electron chi connectivity index (χ0n) is 15.7. The standard InChI is InChI=1S/C21H19FN4O2/c1-11(2)26(3)20-19(18-8-12-4-6-14(22)10-16(12)23-18)24-15-7-5-13(21(27)28)9-17(15)25-20/h4-11,23H,1-3H3,(H,27,28). The largest absolute Gasteiger partial charge is 0.478 e. The molecule has 4 rings (SSSR count). The minimum absolute atomic E-state index is 0.148. The van der Waals surface area contributed by atoms with Gasteiger partial charge in [-0.2, -0.15) is 0 Å². The Balaban J connectivity index is 1.97. The van der Waals surface area contributed by atoms with Gasteiger partial charge in [-0.15, -0.1) is 0 Å². The summed E-state index contributed by atoms with van der Waals surface area (Å²) >= 11 is 0. The summed E-state index contributed by atoms with van der Waals surface area (Å²) in [6.07, 6.45) is 0. The van der Waals surface area contributed by atoms with Gasteiger partial charge < -0.3 is 15.0 Å². The smallest absolute Gasteiger partial charge is 0.335 e. The van der Waals surface area contributed by atoms with Crippen molar-refractivity contribution in [3.05, 3.63) is 53.8 Å². The van der Waals surface area contributed by atoms with Crippen LogP contribution in [-0.2, 0) is 0 Å². The highest BCUT2D eigenvalue weighted by Crippen LogP contribution is 2.32. The lowest BCUT2D eigenvalue weighted by Gasteiger charge is -2.24. The van der Waals surface area contributed by atoms with Gasteiger partial charge in [-0.3, -0.25) is 0 Å². The van der Waals surface area contributed by atoms with Gasteiger partial charge in [-0.1, -0.05) is 0 Å². The summed E-state index contributed by atoms with van der Waals surface area (Å²) in [4.78, 5) is 25.9. The predicted molar refractivity (Wildman–Crippen MR) is 107 cm³/mol. The van der Waals surface area contributed by atoms with Gasteiger partial charge in [0.2, 0.25) is 0 Å². The maximum atomic E-state index is 13.6. The van der Waals surface area contributed by atoms with E-state index in [-0.39, 0.29) is 17.4 Å².